The highest BCUT2D eigenvalue weighted by Crippen LogP contribution is 2.46. The summed E-state index contributed by atoms with van der Waals surface area (Å²) in [5.41, 5.74) is 0.265. The smallest absolute Gasteiger partial charge is 0.234 e. The zero-order chi connectivity index (χ0) is 18.3. The van der Waals surface area contributed by atoms with Gasteiger partial charge in [0, 0.05) is 30.4 Å². The van der Waals surface area contributed by atoms with Gasteiger partial charge in [-0.15, -0.1) is 11.3 Å². The van der Waals surface area contributed by atoms with Crippen LogP contribution in [-0.4, -0.2) is 44.0 Å². The Morgan fingerprint density at radius 2 is 2.11 bits per heavy atom. The summed E-state index contributed by atoms with van der Waals surface area (Å²) < 4.78 is 5.41. The predicted molar refractivity (Wildman–Crippen MR) is 99.1 cm³/mol. The molecule has 0 atom stereocenters. The van der Waals surface area contributed by atoms with Crippen LogP contribution in [0.2, 0.25) is 0 Å². The zero-order valence-corrected chi connectivity index (χ0v) is 15.6. The molecule has 0 aromatic carbocycles. The van der Waals surface area contributed by atoms with Crippen molar-refractivity contribution in [2.75, 3.05) is 13.1 Å². The number of likely N-dealkylation sites (tertiary alicyclic amines) is 1. The molecule has 3 aromatic heterocycles. The minimum Gasteiger partial charge on any atom is -0.340 e. The van der Waals surface area contributed by atoms with Crippen LogP contribution in [0, 0.1) is 0 Å². The Kier molecular flexibility index (Phi) is 4.00. The lowest BCUT2D eigenvalue weighted by atomic mass is 9.81. The van der Waals surface area contributed by atoms with Crippen LogP contribution in [-0.2, 0) is 10.2 Å². The number of carbonyl (C=O) groups excluding carboxylic acids is 1. The van der Waals surface area contributed by atoms with Crippen molar-refractivity contribution < 1.29 is 9.32 Å². The lowest BCUT2D eigenvalue weighted by Crippen LogP contribution is -2.55. The minimum atomic E-state index is -0.321. The van der Waals surface area contributed by atoms with Crippen molar-refractivity contribution in [2.24, 2.45) is 0 Å². The Morgan fingerprint density at radius 3 is 2.81 bits per heavy atom. The summed E-state index contributed by atoms with van der Waals surface area (Å²) in [7, 11) is 0. The van der Waals surface area contributed by atoms with Gasteiger partial charge in [-0.25, -0.2) is 4.98 Å². The van der Waals surface area contributed by atoms with Gasteiger partial charge in [-0.2, -0.15) is 4.98 Å². The third-order valence-electron chi connectivity index (χ3n) is 5.61. The first-order valence-corrected chi connectivity index (χ1v) is 10.1. The van der Waals surface area contributed by atoms with Gasteiger partial charge in [0.15, 0.2) is 0 Å². The first-order chi connectivity index (χ1) is 13.3. The Balaban J connectivity index is 1.29. The van der Waals surface area contributed by atoms with Crippen LogP contribution in [0.25, 0.3) is 11.5 Å². The molecule has 2 fully saturated rings. The molecule has 5 rings (SSSR count). The van der Waals surface area contributed by atoms with Gasteiger partial charge in [0.25, 0.3) is 0 Å². The van der Waals surface area contributed by atoms with Crippen LogP contribution < -0.4 is 0 Å². The molecule has 1 saturated heterocycles. The molecule has 3 aromatic rings. The highest BCUT2D eigenvalue weighted by molar-refractivity contribution is 7.10. The van der Waals surface area contributed by atoms with Gasteiger partial charge >= 0.3 is 0 Å². The van der Waals surface area contributed by atoms with Crippen molar-refractivity contribution in [3.05, 3.63) is 46.9 Å². The van der Waals surface area contributed by atoms with Crippen LogP contribution in [0.1, 0.15) is 42.4 Å². The summed E-state index contributed by atoms with van der Waals surface area (Å²) in [6.07, 6.45) is 8.94. The van der Waals surface area contributed by atoms with E-state index < -0.39 is 0 Å². The quantitative estimate of drug-likeness (QED) is 0.691. The number of thiophene rings is 1. The van der Waals surface area contributed by atoms with Crippen molar-refractivity contribution >= 4 is 17.2 Å². The zero-order valence-electron chi connectivity index (χ0n) is 14.7. The second kappa shape index (κ2) is 6.53. The summed E-state index contributed by atoms with van der Waals surface area (Å²) in [6.45, 7) is 1.27. The standard InChI is InChI=1S/C19H19N5O2S/c25-18(19(5-1-2-6-19)15-4-3-9-27-15)24-11-13(12-24)17-22-16(23-26-17)14-10-20-7-8-21-14/h3-4,7-10,13H,1-2,5-6,11-12H2. The van der Waals surface area contributed by atoms with Crippen LogP contribution in [0.3, 0.4) is 0 Å². The van der Waals surface area contributed by atoms with Crippen molar-refractivity contribution in [2.45, 2.75) is 37.0 Å². The highest BCUT2D eigenvalue weighted by atomic mass is 32.1. The Morgan fingerprint density at radius 1 is 1.26 bits per heavy atom. The van der Waals surface area contributed by atoms with Gasteiger partial charge in [0.05, 0.1) is 17.5 Å². The number of hydrogen-bond donors (Lipinski definition) is 0. The second-order valence-electron chi connectivity index (χ2n) is 7.22. The SMILES string of the molecule is O=C(N1CC(c2nc(-c3cnccn3)no2)C1)C1(c2cccs2)CCCC1. The number of carbonyl (C=O) groups is 1. The van der Waals surface area contributed by atoms with Gasteiger partial charge in [-0.1, -0.05) is 24.1 Å². The third-order valence-corrected chi connectivity index (χ3v) is 6.69. The van der Waals surface area contributed by atoms with E-state index >= 15 is 0 Å². The lowest BCUT2D eigenvalue weighted by molar-refractivity contribution is -0.142. The van der Waals surface area contributed by atoms with Gasteiger partial charge in [0.2, 0.25) is 17.6 Å². The topological polar surface area (TPSA) is 85.0 Å². The number of rotatable bonds is 4. The van der Waals surface area contributed by atoms with E-state index in [0.717, 1.165) is 25.7 Å². The maximum Gasteiger partial charge on any atom is 0.234 e. The Labute approximate surface area is 160 Å². The lowest BCUT2D eigenvalue weighted by Gasteiger charge is -2.42. The number of hydrogen-bond acceptors (Lipinski definition) is 7. The molecule has 0 radical (unpaired) electrons. The first kappa shape index (κ1) is 16.6. The second-order valence-corrected chi connectivity index (χ2v) is 8.17. The van der Waals surface area contributed by atoms with E-state index in [1.54, 1.807) is 29.9 Å². The molecule has 1 saturated carbocycles. The van der Waals surface area contributed by atoms with E-state index in [0.29, 0.717) is 30.5 Å². The van der Waals surface area contributed by atoms with Gasteiger partial charge in [-0.3, -0.25) is 9.78 Å². The largest absolute Gasteiger partial charge is 0.340 e. The van der Waals surface area contributed by atoms with E-state index in [4.69, 9.17) is 4.52 Å². The Hall–Kier alpha value is -2.61. The van der Waals surface area contributed by atoms with Gasteiger partial charge in [0.1, 0.15) is 5.69 Å². The average molecular weight is 381 g/mol. The number of nitrogens with zero attached hydrogens (tertiary/aromatic N) is 5. The van der Waals surface area contributed by atoms with Crippen molar-refractivity contribution in [3.63, 3.8) is 0 Å². The molecule has 0 N–H and O–H groups in total. The molecule has 0 spiro atoms. The highest BCUT2D eigenvalue weighted by Gasteiger charge is 2.49. The first-order valence-electron chi connectivity index (χ1n) is 9.20. The van der Waals surface area contributed by atoms with Crippen molar-refractivity contribution in [1.82, 2.24) is 25.0 Å². The molecule has 1 aliphatic carbocycles. The molecule has 2 aliphatic rings. The number of amides is 1. The number of aromatic nitrogens is 4. The molecule has 0 unspecified atom stereocenters. The summed E-state index contributed by atoms with van der Waals surface area (Å²) in [5.74, 6) is 1.35. The van der Waals surface area contributed by atoms with Crippen molar-refractivity contribution in [3.8, 4) is 11.5 Å². The molecule has 1 amide bonds. The van der Waals surface area contributed by atoms with E-state index in [9.17, 15) is 4.79 Å². The summed E-state index contributed by atoms with van der Waals surface area (Å²) in [4.78, 5) is 29.1. The monoisotopic (exact) mass is 381 g/mol. The van der Waals surface area contributed by atoms with E-state index in [1.165, 1.54) is 4.88 Å². The fourth-order valence-electron chi connectivity index (χ4n) is 4.12. The molecular formula is C19H19N5O2S. The summed E-state index contributed by atoms with van der Waals surface area (Å²) >= 11 is 1.70. The van der Waals surface area contributed by atoms with Crippen molar-refractivity contribution in [1.29, 1.82) is 0 Å². The van der Waals surface area contributed by atoms with E-state index in [-0.39, 0.29) is 17.2 Å². The molecule has 7 nitrogen and oxygen atoms in total. The third kappa shape index (κ3) is 2.75. The van der Waals surface area contributed by atoms with E-state index in [1.807, 2.05) is 11.0 Å². The molecule has 8 heteroatoms. The molecule has 27 heavy (non-hydrogen) atoms. The fraction of sp³-hybridized carbons (Fsp3) is 0.421. The van der Waals surface area contributed by atoms with Crippen LogP contribution in [0.15, 0.2) is 40.6 Å². The maximum atomic E-state index is 13.3. The van der Waals surface area contributed by atoms with Gasteiger partial charge < -0.3 is 9.42 Å². The fourth-order valence-corrected chi connectivity index (χ4v) is 5.10. The minimum absolute atomic E-state index is 0.0914. The molecule has 4 heterocycles. The van der Waals surface area contributed by atoms with Crippen LogP contribution in [0.5, 0.6) is 0 Å². The molecule has 1 aliphatic heterocycles. The summed E-state index contributed by atoms with van der Waals surface area (Å²) in [6, 6.07) is 4.15. The van der Waals surface area contributed by atoms with E-state index in [2.05, 4.69) is 31.6 Å². The molecule has 0 bridgehead atoms. The maximum absolute atomic E-state index is 13.3. The van der Waals surface area contributed by atoms with Gasteiger partial charge in [-0.05, 0) is 24.3 Å². The average Bonchev–Trinajstić information content (AvgIpc) is 3.41. The van der Waals surface area contributed by atoms with Crippen LogP contribution >= 0.6 is 11.3 Å². The summed E-state index contributed by atoms with van der Waals surface area (Å²) in [5, 5.41) is 6.06. The predicted octanol–water partition coefficient (Wildman–Crippen LogP) is 3.03. The molecule has 138 valence electrons. The normalized spacial score (nSPS) is 19.2. The Bertz CT molecular complexity index is 928. The van der Waals surface area contributed by atoms with Crippen LogP contribution in [0.4, 0.5) is 0 Å². The molecular weight excluding hydrogens is 362 g/mol.